The molecular formula is C18H13BrClN3O3S. The maximum atomic E-state index is 12.2. The minimum absolute atomic E-state index is 0.207. The molecule has 2 aromatic rings. The number of amidine groups is 1. The van der Waals surface area contributed by atoms with Gasteiger partial charge in [0.25, 0.3) is 11.8 Å². The number of hydrogen-bond acceptors (Lipinski definition) is 5. The first-order valence-electron chi connectivity index (χ1n) is 7.66. The summed E-state index contributed by atoms with van der Waals surface area (Å²) in [5, 5.41) is 3.85. The fourth-order valence-corrected chi connectivity index (χ4v) is 3.62. The van der Waals surface area contributed by atoms with Crippen molar-refractivity contribution < 1.29 is 14.3 Å². The van der Waals surface area contributed by atoms with Crippen molar-refractivity contribution in [1.29, 1.82) is 0 Å². The molecule has 3 rings (SSSR count). The average molecular weight is 467 g/mol. The number of carbonyl (C=O) groups excluding carboxylic acids is 2. The summed E-state index contributed by atoms with van der Waals surface area (Å²) in [5.41, 5.74) is 6.55. The lowest BCUT2D eigenvalue weighted by atomic mass is 10.2. The molecule has 2 amide bonds. The first-order chi connectivity index (χ1) is 12.9. The summed E-state index contributed by atoms with van der Waals surface area (Å²) >= 11 is 10.5. The van der Waals surface area contributed by atoms with E-state index in [1.54, 1.807) is 48.5 Å². The molecule has 3 N–H and O–H groups in total. The number of benzene rings is 2. The molecule has 1 fully saturated rings. The van der Waals surface area contributed by atoms with Gasteiger partial charge in [0.15, 0.2) is 11.8 Å². The van der Waals surface area contributed by atoms with E-state index in [2.05, 4.69) is 26.2 Å². The number of hydrogen-bond donors (Lipinski definition) is 2. The van der Waals surface area contributed by atoms with Crippen LogP contribution in [0.2, 0.25) is 5.02 Å². The average Bonchev–Trinajstić information content (AvgIpc) is 2.95. The molecule has 2 aromatic carbocycles. The van der Waals surface area contributed by atoms with Gasteiger partial charge in [-0.2, -0.15) is 0 Å². The molecule has 1 aliphatic rings. The standard InChI is InChI=1S/C18H13BrClN3O3S/c19-13-7-10(1-6-14(13)26-9-16(21)24)8-15-17(25)23-18(27-15)22-12-4-2-11(20)3-5-12/h1-8H,9H2,(H2,21,24)(H,22,23,25)/b15-8-. The number of nitrogens with one attached hydrogen (secondary N) is 1. The zero-order valence-electron chi connectivity index (χ0n) is 13.7. The third-order valence-corrected chi connectivity index (χ3v) is 5.11. The molecule has 9 heteroatoms. The van der Waals surface area contributed by atoms with E-state index in [-0.39, 0.29) is 12.5 Å². The molecule has 0 spiro atoms. The highest BCUT2D eigenvalue weighted by molar-refractivity contribution is 9.10. The van der Waals surface area contributed by atoms with E-state index >= 15 is 0 Å². The molecule has 1 aliphatic heterocycles. The second kappa shape index (κ2) is 8.60. The lowest BCUT2D eigenvalue weighted by molar-refractivity contribution is -0.120. The van der Waals surface area contributed by atoms with Gasteiger partial charge in [-0.3, -0.25) is 9.59 Å². The van der Waals surface area contributed by atoms with Gasteiger partial charge in [-0.1, -0.05) is 17.7 Å². The highest BCUT2D eigenvalue weighted by atomic mass is 79.9. The van der Waals surface area contributed by atoms with E-state index < -0.39 is 5.91 Å². The normalized spacial score (nSPS) is 16.6. The number of carbonyl (C=O) groups is 2. The van der Waals surface area contributed by atoms with Gasteiger partial charge in [0.1, 0.15) is 5.75 Å². The Hall–Kier alpha value is -2.29. The summed E-state index contributed by atoms with van der Waals surface area (Å²) in [7, 11) is 0. The van der Waals surface area contributed by atoms with E-state index in [4.69, 9.17) is 22.1 Å². The van der Waals surface area contributed by atoms with Crippen LogP contribution in [0.3, 0.4) is 0 Å². The van der Waals surface area contributed by atoms with Crippen LogP contribution in [0.15, 0.2) is 56.8 Å². The van der Waals surface area contributed by atoms with E-state index in [1.165, 1.54) is 11.8 Å². The Morgan fingerprint density at radius 1 is 1.30 bits per heavy atom. The molecule has 0 unspecified atom stereocenters. The third kappa shape index (κ3) is 5.35. The molecule has 0 aromatic heterocycles. The summed E-state index contributed by atoms with van der Waals surface area (Å²) in [4.78, 5) is 27.9. The van der Waals surface area contributed by atoms with Gasteiger partial charge in [-0.25, -0.2) is 4.99 Å². The lowest BCUT2D eigenvalue weighted by Crippen LogP contribution is -2.20. The molecule has 0 radical (unpaired) electrons. The van der Waals surface area contributed by atoms with E-state index in [1.807, 2.05) is 0 Å². The van der Waals surface area contributed by atoms with Crippen LogP contribution in [0.1, 0.15) is 5.56 Å². The molecule has 6 nitrogen and oxygen atoms in total. The molecular weight excluding hydrogens is 454 g/mol. The van der Waals surface area contributed by atoms with Gasteiger partial charge in [0.2, 0.25) is 0 Å². The summed E-state index contributed by atoms with van der Waals surface area (Å²) in [6.07, 6.45) is 1.74. The predicted molar refractivity (Wildman–Crippen MR) is 111 cm³/mol. The maximum absolute atomic E-state index is 12.2. The largest absolute Gasteiger partial charge is 0.483 e. The van der Waals surface area contributed by atoms with Crippen molar-refractivity contribution in [1.82, 2.24) is 5.32 Å². The fraction of sp³-hybridized carbons (Fsp3) is 0.0556. The molecule has 1 heterocycles. The van der Waals surface area contributed by atoms with Crippen LogP contribution >= 0.6 is 39.3 Å². The number of aliphatic imine (C=N–C) groups is 1. The van der Waals surface area contributed by atoms with Gasteiger partial charge in [-0.15, -0.1) is 0 Å². The first-order valence-corrected chi connectivity index (χ1v) is 9.65. The van der Waals surface area contributed by atoms with E-state index in [9.17, 15) is 9.59 Å². The second-order valence-corrected chi connectivity index (χ2v) is 7.72. The Morgan fingerprint density at radius 3 is 2.70 bits per heavy atom. The number of amides is 2. The zero-order chi connectivity index (χ0) is 19.4. The van der Waals surface area contributed by atoms with Crippen LogP contribution < -0.4 is 15.8 Å². The lowest BCUT2D eigenvalue weighted by Gasteiger charge is -2.06. The monoisotopic (exact) mass is 465 g/mol. The number of nitrogens with two attached hydrogens (primary N) is 1. The second-order valence-electron chi connectivity index (χ2n) is 5.40. The number of thioether (sulfide) groups is 1. The summed E-state index contributed by atoms with van der Waals surface area (Å²) in [6.45, 7) is -0.207. The topological polar surface area (TPSA) is 93.8 Å². The minimum atomic E-state index is -0.556. The smallest absolute Gasteiger partial charge is 0.264 e. The Balaban J connectivity index is 1.75. The summed E-state index contributed by atoms with van der Waals surface area (Å²) < 4.78 is 5.93. The number of ether oxygens (including phenoxy) is 1. The predicted octanol–water partition coefficient (Wildman–Crippen LogP) is 3.86. The van der Waals surface area contributed by atoms with Crippen LogP contribution in [0, 0.1) is 0 Å². The van der Waals surface area contributed by atoms with Crippen molar-refractivity contribution in [3.8, 4) is 5.75 Å². The van der Waals surface area contributed by atoms with Gasteiger partial charge in [0.05, 0.1) is 15.1 Å². The summed E-state index contributed by atoms with van der Waals surface area (Å²) in [5.74, 6) is -0.290. The van der Waals surface area contributed by atoms with Crippen LogP contribution in [0.25, 0.3) is 6.08 Å². The number of rotatable bonds is 5. The number of halogens is 2. The summed E-state index contributed by atoms with van der Waals surface area (Å²) in [6, 6.07) is 12.3. The first kappa shape index (κ1) is 19.5. The van der Waals surface area contributed by atoms with Crippen molar-refractivity contribution in [2.45, 2.75) is 0 Å². The highest BCUT2D eigenvalue weighted by Gasteiger charge is 2.23. The van der Waals surface area contributed by atoms with E-state index in [0.29, 0.717) is 31.0 Å². The molecule has 1 saturated heterocycles. The molecule has 0 atom stereocenters. The van der Waals surface area contributed by atoms with Gasteiger partial charge in [-0.05, 0) is 75.7 Å². The van der Waals surface area contributed by atoms with Gasteiger partial charge >= 0.3 is 0 Å². The van der Waals surface area contributed by atoms with E-state index in [0.717, 1.165) is 5.56 Å². The van der Waals surface area contributed by atoms with Crippen molar-refractivity contribution >= 4 is 68.0 Å². The molecule has 0 aliphatic carbocycles. The molecule has 0 bridgehead atoms. The van der Waals surface area contributed by atoms with Gasteiger partial charge < -0.3 is 15.8 Å². The Kier molecular flexibility index (Phi) is 6.20. The zero-order valence-corrected chi connectivity index (χ0v) is 16.9. The molecule has 0 saturated carbocycles. The van der Waals surface area contributed by atoms with Crippen LogP contribution in [-0.2, 0) is 9.59 Å². The SMILES string of the molecule is NC(=O)COc1ccc(/C=C2\SC(=Nc3ccc(Cl)cc3)NC2=O)cc1Br. The Morgan fingerprint density at radius 2 is 2.04 bits per heavy atom. The van der Waals surface area contributed by atoms with Crippen LogP contribution in [0.4, 0.5) is 5.69 Å². The van der Waals surface area contributed by atoms with Crippen LogP contribution in [-0.4, -0.2) is 23.6 Å². The van der Waals surface area contributed by atoms with Crippen molar-refractivity contribution in [3.63, 3.8) is 0 Å². The highest BCUT2D eigenvalue weighted by Crippen LogP contribution is 2.31. The number of primary amides is 1. The molecule has 138 valence electrons. The minimum Gasteiger partial charge on any atom is -0.483 e. The van der Waals surface area contributed by atoms with Crippen LogP contribution in [0.5, 0.6) is 5.75 Å². The fourth-order valence-electron chi connectivity index (χ4n) is 2.14. The Labute approximate surface area is 172 Å². The number of nitrogens with zero attached hydrogens (tertiary/aromatic N) is 1. The quantitative estimate of drug-likeness (QED) is 0.654. The van der Waals surface area contributed by atoms with Crippen molar-refractivity contribution in [2.75, 3.05) is 6.61 Å². The third-order valence-electron chi connectivity index (χ3n) is 3.33. The Bertz CT molecular complexity index is 961. The molecule has 27 heavy (non-hydrogen) atoms. The maximum Gasteiger partial charge on any atom is 0.264 e. The van der Waals surface area contributed by atoms with Crippen molar-refractivity contribution in [2.24, 2.45) is 10.7 Å². The van der Waals surface area contributed by atoms with Gasteiger partial charge in [0, 0.05) is 5.02 Å². The van der Waals surface area contributed by atoms with Crippen molar-refractivity contribution in [3.05, 3.63) is 62.4 Å².